The number of hydrogen-bond acceptors (Lipinski definition) is 2. The Labute approximate surface area is 116 Å². The van der Waals surface area contributed by atoms with Gasteiger partial charge in [-0.15, -0.1) is 0 Å². The van der Waals surface area contributed by atoms with Crippen molar-refractivity contribution in [2.24, 2.45) is 34.3 Å². The molecule has 3 nitrogen and oxygen atoms in total. The van der Waals surface area contributed by atoms with Crippen molar-refractivity contribution in [2.45, 2.75) is 47.0 Å². The summed E-state index contributed by atoms with van der Waals surface area (Å²) in [6, 6.07) is 0. The third kappa shape index (κ3) is 2.12. The summed E-state index contributed by atoms with van der Waals surface area (Å²) in [4.78, 5) is 11.8. The molecule has 0 aliphatic heterocycles. The smallest absolute Gasteiger partial charge is 0.307 e. The quantitative estimate of drug-likeness (QED) is 0.768. The van der Waals surface area contributed by atoms with E-state index in [0.29, 0.717) is 18.4 Å². The van der Waals surface area contributed by atoms with Crippen molar-refractivity contribution in [1.29, 1.82) is 0 Å². The molecule has 0 aromatic heterocycles. The van der Waals surface area contributed by atoms with Crippen molar-refractivity contribution in [3.8, 4) is 0 Å². The zero-order valence-electron chi connectivity index (χ0n) is 12.6. The Morgan fingerprint density at radius 2 is 2.21 bits per heavy atom. The van der Waals surface area contributed by atoms with Gasteiger partial charge in [-0.25, -0.2) is 0 Å². The normalized spacial score (nSPS) is 35.3. The van der Waals surface area contributed by atoms with E-state index in [-0.39, 0.29) is 16.7 Å². The molecule has 108 valence electrons. The van der Waals surface area contributed by atoms with Crippen LogP contribution in [0.15, 0.2) is 11.6 Å². The van der Waals surface area contributed by atoms with E-state index in [1.54, 1.807) is 0 Å². The van der Waals surface area contributed by atoms with E-state index in [2.05, 4.69) is 13.0 Å². The highest BCUT2D eigenvalue weighted by molar-refractivity contribution is 5.72. The van der Waals surface area contributed by atoms with E-state index in [1.165, 1.54) is 5.57 Å². The number of carboxylic acid groups (broad SMARTS) is 1. The molecule has 0 aromatic carbocycles. The molecule has 3 N–H and O–H groups in total. The lowest BCUT2D eigenvalue weighted by atomic mass is 9.46. The number of nitrogens with two attached hydrogens (primary N) is 1. The van der Waals surface area contributed by atoms with Gasteiger partial charge in [-0.2, -0.15) is 0 Å². The molecule has 0 aromatic rings. The monoisotopic (exact) mass is 265 g/mol. The molecule has 3 heteroatoms. The van der Waals surface area contributed by atoms with Gasteiger partial charge in [0.2, 0.25) is 0 Å². The van der Waals surface area contributed by atoms with E-state index in [9.17, 15) is 9.90 Å². The molecule has 4 atom stereocenters. The first-order valence-electron chi connectivity index (χ1n) is 7.38. The maximum atomic E-state index is 11.8. The standard InChI is InChI=1S/C16H27NO2/c1-5-10-6-11-8-16(9-17,12(11)7-10)13(14(18)19)15(2,3)4/h7,11-13H,5-6,8-9,17H2,1-4H3,(H,18,19)/t11-,12-,13?,16+/m1/s1. The summed E-state index contributed by atoms with van der Waals surface area (Å²) in [5.41, 5.74) is 7.06. The molecule has 0 heterocycles. The highest BCUT2D eigenvalue weighted by atomic mass is 16.4. The van der Waals surface area contributed by atoms with E-state index in [4.69, 9.17) is 5.73 Å². The van der Waals surface area contributed by atoms with Gasteiger partial charge in [0.15, 0.2) is 0 Å². The van der Waals surface area contributed by atoms with Crippen molar-refractivity contribution in [3.63, 3.8) is 0 Å². The molecule has 0 bridgehead atoms. The van der Waals surface area contributed by atoms with E-state index >= 15 is 0 Å². The summed E-state index contributed by atoms with van der Waals surface area (Å²) >= 11 is 0. The minimum absolute atomic E-state index is 0.230. The third-order valence-corrected chi connectivity index (χ3v) is 5.28. The van der Waals surface area contributed by atoms with Crippen LogP contribution in [0.1, 0.15) is 47.0 Å². The van der Waals surface area contributed by atoms with Gasteiger partial charge in [0.25, 0.3) is 0 Å². The highest BCUT2D eigenvalue weighted by Crippen LogP contribution is 2.64. The maximum absolute atomic E-state index is 11.8. The van der Waals surface area contributed by atoms with Crippen LogP contribution in [-0.4, -0.2) is 17.6 Å². The number of aliphatic carboxylic acids is 1. The molecule has 0 spiro atoms. The van der Waals surface area contributed by atoms with Crippen molar-refractivity contribution in [2.75, 3.05) is 6.54 Å². The van der Waals surface area contributed by atoms with Crippen LogP contribution in [0.3, 0.4) is 0 Å². The average Bonchev–Trinajstić information content (AvgIpc) is 2.61. The Morgan fingerprint density at radius 3 is 2.63 bits per heavy atom. The van der Waals surface area contributed by atoms with Crippen LogP contribution in [0.2, 0.25) is 0 Å². The molecule has 2 aliphatic rings. The molecule has 1 fully saturated rings. The number of hydrogen-bond donors (Lipinski definition) is 2. The van der Waals surface area contributed by atoms with Crippen LogP contribution in [0, 0.1) is 28.6 Å². The minimum Gasteiger partial charge on any atom is -0.481 e. The van der Waals surface area contributed by atoms with Crippen molar-refractivity contribution in [1.82, 2.24) is 0 Å². The zero-order chi connectivity index (χ0) is 14.4. The summed E-state index contributed by atoms with van der Waals surface area (Å²) in [5, 5.41) is 9.71. The van der Waals surface area contributed by atoms with Crippen molar-refractivity contribution >= 4 is 5.97 Å². The van der Waals surface area contributed by atoms with Crippen LogP contribution >= 0.6 is 0 Å². The van der Waals surface area contributed by atoms with Crippen molar-refractivity contribution < 1.29 is 9.90 Å². The van der Waals surface area contributed by atoms with Gasteiger partial charge in [-0.1, -0.05) is 39.3 Å². The molecule has 19 heavy (non-hydrogen) atoms. The Morgan fingerprint density at radius 1 is 1.58 bits per heavy atom. The lowest BCUT2D eigenvalue weighted by Gasteiger charge is -2.58. The molecule has 0 amide bonds. The number of rotatable bonds is 4. The van der Waals surface area contributed by atoms with Gasteiger partial charge in [0, 0.05) is 5.41 Å². The Hall–Kier alpha value is -0.830. The topological polar surface area (TPSA) is 63.3 Å². The second-order valence-electron chi connectivity index (χ2n) is 7.45. The van der Waals surface area contributed by atoms with Crippen LogP contribution in [-0.2, 0) is 4.79 Å². The van der Waals surface area contributed by atoms with Crippen LogP contribution in [0.25, 0.3) is 0 Å². The van der Waals surface area contributed by atoms with Crippen LogP contribution in [0.4, 0.5) is 0 Å². The maximum Gasteiger partial charge on any atom is 0.307 e. The van der Waals surface area contributed by atoms with Gasteiger partial charge >= 0.3 is 5.97 Å². The second-order valence-corrected chi connectivity index (χ2v) is 7.45. The largest absolute Gasteiger partial charge is 0.481 e. The first-order chi connectivity index (χ1) is 8.76. The van der Waals surface area contributed by atoms with E-state index < -0.39 is 5.97 Å². The van der Waals surface area contributed by atoms with Gasteiger partial charge in [-0.05, 0) is 43.1 Å². The molecular weight excluding hydrogens is 238 g/mol. The van der Waals surface area contributed by atoms with Gasteiger partial charge < -0.3 is 10.8 Å². The fourth-order valence-corrected chi connectivity index (χ4v) is 4.61. The second kappa shape index (κ2) is 4.62. The van der Waals surface area contributed by atoms with Gasteiger partial charge in [0.05, 0.1) is 5.92 Å². The summed E-state index contributed by atoms with van der Waals surface area (Å²) in [6.45, 7) is 8.73. The number of fused-ring (bicyclic) bond motifs is 1. The fraction of sp³-hybridized carbons (Fsp3) is 0.812. The lowest BCUT2D eigenvalue weighted by molar-refractivity contribution is -0.166. The summed E-state index contributed by atoms with van der Waals surface area (Å²) < 4.78 is 0. The van der Waals surface area contributed by atoms with Crippen LogP contribution in [0.5, 0.6) is 0 Å². The summed E-state index contributed by atoms with van der Waals surface area (Å²) in [6.07, 6.45) is 5.55. The summed E-state index contributed by atoms with van der Waals surface area (Å²) in [5.74, 6) is -0.0241. The lowest BCUT2D eigenvalue weighted by Crippen LogP contribution is -2.59. The molecular formula is C16H27NO2. The number of carbonyl (C=O) groups is 1. The number of allylic oxidation sites excluding steroid dienone is 2. The average molecular weight is 265 g/mol. The fourth-order valence-electron chi connectivity index (χ4n) is 4.61. The van der Waals surface area contributed by atoms with Gasteiger partial charge in [-0.3, -0.25) is 4.79 Å². The van der Waals surface area contributed by atoms with E-state index in [1.807, 2.05) is 20.8 Å². The molecule has 2 aliphatic carbocycles. The Bertz CT molecular complexity index is 407. The highest BCUT2D eigenvalue weighted by Gasteiger charge is 2.62. The Kier molecular flexibility index (Phi) is 3.54. The molecule has 1 unspecified atom stereocenters. The third-order valence-electron chi connectivity index (χ3n) is 5.28. The summed E-state index contributed by atoms with van der Waals surface area (Å²) in [7, 11) is 0. The molecule has 0 radical (unpaired) electrons. The number of carboxylic acids is 1. The predicted octanol–water partition coefficient (Wildman–Crippen LogP) is 3.05. The zero-order valence-corrected chi connectivity index (χ0v) is 12.6. The van der Waals surface area contributed by atoms with Crippen LogP contribution < -0.4 is 5.73 Å². The first-order valence-corrected chi connectivity index (χ1v) is 7.38. The molecule has 0 saturated heterocycles. The van der Waals surface area contributed by atoms with Gasteiger partial charge in [0.1, 0.15) is 0 Å². The molecule has 2 rings (SSSR count). The SMILES string of the molecule is CCC1=C[C@@H]2[C@H](C1)C[C@@]2(CN)C(C(=O)O)C(C)(C)C. The molecule has 1 saturated carbocycles. The minimum atomic E-state index is -0.685. The Balaban J connectivity index is 2.34. The van der Waals surface area contributed by atoms with E-state index in [0.717, 1.165) is 19.3 Å². The van der Waals surface area contributed by atoms with Crippen molar-refractivity contribution in [3.05, 3.63) is 11.6 Å². The first kappa shape index (κ1) is 14.6. The predicted molar refractivity (Wildman–Crippen MR) is 76.7 cm³/mol.